The minimum Gasteiger partial charge on any atom is -0.493 e. The average molecular weight is 2110 g/mol. The second kappa shape index (κ2) is 92.9. The maximum atomic E-state index is 11.6. The van der Waals surface area contributed by atoms with E-state index in [2.05, 4.69) is 276 Å². The third-order valence-corrected chi connectivity index (χ3v) is 29.9. The minimum absolute atomic E-state index is 0. The zero-order valence-electron chi connectivity index (χ0n) is 97.3. The van der Waals surface area contributed by atoms with Crippen molar-refractivity contribution in [3.63, 3.8) is 0 Å². The van der Waals surface area contributed by atoms with Gasteiger partial charge in [-0.1, -0.05) is 493 Å². The van der Waals surface area contributed by atoms with Crippen molar-refractivity contribution < 1.29 is 47.1 Å². The molecule has 6 aromatic carbocycles. The van der Waals surface area contributed by atoms with Crippen LogP contribution in [0, 0.1) is 37.5 Å². The van der Waals surface area contributed by atoms with E-state index in [1.807, 2.05) is 0 Å². The van der Waals surface area contributed by atoms with Crippen molar-refractivity contribution in [1.82, 2.24) is 0 Å². The quantitative estimate of drug-likeness (QED) is 0.0120. The van der Waals surface area contributed by atoms with Crippen molar-refractivity contribution in [2.45, 2.75) is 551 Å². The predicted octanol–water partition coefficient (Wildman–Crippen LogP) is 45.7. The predicted molar refractivity (Wildman–Crippen MR) is 648 cm³/mol. The molecule has 0 amide bonds. The second-order valence-electron chi connectivity index (χ2n) is 42.5. The van der Waals surface area contributed by atoms with E-state index in [0.29, 0.717) is 0 Å². The summed E-state index contributed by atoms with van der Waals surface area (Å²) in [6.07, 6.45) is 106. The second-order valence-corrected chi connectivity index (χ2v) is 42.5. The van der Waals surface area contributed by atoms with Crippen LogP contribution < -0.4 is 0 Å². The molecule has 0 aliphatic carbocycles. The van der Waals surface area contributed by atoms with Crippen LogP contribution >= 0.6 is 0 Å². The summed E-state index contributed by atoms with van der Waals surface area (Å²) in [5, 5.41) is 0. The molecule has 0 aromatic heterocycles. The van der Waals surface area contributed by atoms with Crippen LogP contribution in [-0.4, -0.2) is 14.1 Å². The topological polar surface area (TPSA) is 75.9 Å². The summed E-state index contributed by atoms with van der Waals surface area (Å²) < 4.78 is 4.36. The van der Waals surface area contributed by atoms with Crippen molar-refractivity contribution in [2.24, 2.45) is 0 Å². The Hall–Kier alpha value is -7.59. The summed E-state index contributed by atoms with van der Waals surface area (Å²) in [4.78, 5) is 0. The van der Waals surface area contributed by atoms with Gasteiger partial charge in [0.1, 0.15) is 0 Å². The average Bonchev–Trinajstić information content (AvgIpc) is 1.64. The molecule has 0 atom stereocenters. The van der Waals surface area contributed by atoms with E-state index in [0.717, 1.165) is 169 Å². The number of unbranched alkanes of at least 4 members (excludes halogenated alkanes) is 55. The Morgan fingerprint density at radius 3 is 0.826 bits per heavy atom. The Kier molecular flexibility index (Phi) is 84.5. The fourth-order valence-corrected chi connectivity index (χ4v) is 20.7. The molecule has 0 saturated heterocycles. The number of benzene rings is 6. The largest absolute Gasteiger partial charge is 2.00 e. The van der Waals surface area contributed by atoms with Gasteiger partial charge < -0.3 is 30.4 Å². The van der Waals surface area contributed by atoms with E-state index in [1.165, 1.54) is 437 Å². The van der Waals surface area contributed by atoms with Gasteiger partial charge in [-0.15, -0.1) is 23.7 Å². The van der Waals surface area contributed by atoms with Gasteiger partial charge in [-0.3, -0.25) is 0 Å². The summed E-state index contributed by atoms with van der Waals surface area (Å²) in [5.74, 6) is 13.9. The molecule has 0 spiro atoms. The SMILES string of the molecule is CCCCCCCCCCCCCC=CC1=C(c2cccc(CCCCCCCC)c2)[N+](=[N-])C(c2ccc(CCCC)cc2)=C1.CCCCCCCCCCCCCCCCCCC#CCCc1ccccc1C1=C(CCCCC)C=C(c2ccc(CCCC)cc2)[N+]1=[N-].CCCCCCCCCCCCCCCCCCC#CCCc1ccccc1C1=C(CCCCC)C=C(c2ccc(CCCC)cc2)[N+]1=[N-].[CH2-]C.[CH2-]C.[Ni+2].[Ni]. The first-order valence-electron chi connectivity index (χ1n) is 61.9. The first-order valence-corrected chi connectivity index (χ1v) is 61.9. The minimum atomic E-state index is 0. The van der Waals surface area contributed by atoms with Gasteiger partial charge in [0.15, 0.2) is 0 Å². The van der Waals surface area contributed by atoms with Crippen LogP contribution in [0.5, 0.6) is 0 Å². The van der Waals surface area contributed by atoms with E-state index < -0.39 is 0 Å². The normalized spacial score (nSPS) is 12.5. The number of hydrogen-bond acceptors (Lipinski definition) is 0. The van der Waals surface area contributed by atoms with Gasteiger partial charge in [-0.25, -0.2) is 14.1 Å². The van der Waals surface area contributed by atoms with E-state index in [-0.39, 0.29) is 33.0 Å². The van der Waals surface area contributed by atoms with Gasteiger partial charge >= 0.3 is 16.5 Å². The van der Waals surface area contributed by atoms with Crippen molar-refractivity contribution in [2.75, 3.05) is 0 Å². The molecule has 149 heavy (non-hydrogen) atoms. The molecule has 0 N–H and O–H groups in total. The van der Waals surface area contributed by atoms with E-state index in [1.54, 1.807) is 13.8 Å². The van der Waals surface area contributed by atoms with Crippen LogP contribution in [0.2, 0.25) is 0 Å². The number of nitrogens with zero attached hydrogens (tertiary/aromatic N) is 6. The van der Waals surface area contributed by atoms with Gasteiger partial charge in [0, 0.05) is 105 Å². The van der Waals surface area contributed by atoms with Crippen molar-refractivity contribution in [3.8, 4) is 23.7 Å². The van der Waals surface area contributed by atoms with Gasteiger partial charge in [0.2, 0.25) is 34.2 Å². The number of allylic oxidation sites excluding steroid dienone is 8. The van der Waals surface area contributed by atoms with E-state index >= 15 is 0 Å². The standard InChI is InChI=1S/2C47H70N2.C43H64N2.2C2H5.2Ni/c2*1-4-7-10-11-12-13-14-15-16-17-18-19-20-21-22-23-24-25-26-28-32-42-33-29-30-35-45(42)47-44(34-27-8-5-2)40-46(49(47)48)43-38-36-41(37-39-43)31-9-6-3;1-4-7-10-12-14-15-16-17-18-19-20-22-24-29-41-36-42(39-33-31-37(32-34-39)26-9-6-3)45(44)43(41)40-30-25-28-38(35-40)27-23-21-13-11-8-5-2;2*1-2;;/h2*29-30,33,35-40H,4-24,27-28,31-32,34H2,1-3H3;24-25,28-36H,4-23,26-27H2,1-3H3;2*1H2,2H3;;/q;;;2*-1;;+2. The third-order valence-electron chi connectivity index (χ3n) is 29.9. The molecule has 6 aromatic rings. The fourth-order valence-electron chi connectivity index (χ4n) is 20.7. The molecule has 6 nitrogen and oxygen atoms in total. The summed E-state index contributed by atoms with van der Waals surface area (Å²) in [6.45, 7) is 30.4. The van der Waals surface area contributed by atoms with Crippen molar-refractivity contribution >= 4 is 34.2 Å². The van der Waals surface area contributed by atoms with E-state index in [9.17, 15) is 16.6 Å². The molecule has 9 rings (SSSR count). The van der Waals surface area contributed by atoms with Crippen LogP contribution in [0.3, 0.4) is 0 Å². The number of hydrogen-bond donors (Lipinski definition) is 0. The molecular weight excluding hydrogens is 1890 g/mol. The summed E-state index contributed by atoms with van der Waals surface area (Å²) in [7, 11) is 0. The Bertz CT molecular complexity index is 4600. The Balaban J connectivity index is 0.000000561. The zero-order chi connectivity index (χ0) is 106. The maximum Gasteiger partial charge on any atom is 2.00 e. The Labute approximate surface area is 939 Å². The van der Waals surface area contributed by atoms with Crippen molar-refractivity contribution in [3.05, 3.63) is 290 Å². The molecular formula is C141H214N6Ni2. The first kappa shape index (κ1) is 136. The van der Waals surface area contributed by atoms with Crippen LogP contribution in [0.15, 0.2) is 193 Å². The van der Waals surface area contributed by atoms with Gasteiger partial charge in [0.25, 0.3) is 0 Å². The zero-order valence-corrected chi connectivity index (χ0v) is 99.3. The van der Waals surface area contributed by atoms with Crippen LogP contribution in [-0.2, 0) is 71.5 Å². The van der Waals surface area contributed by atoms with E-state index in [4.69, 9.17) is 0 Å². The molecule has 0 unspecified atom stereocenters. The maximum absolute atomic E-state index is 11.6. The smallest absolute Gasteiger partial charge is 0.493 e. The molecule has 0 bridgehead atoms. The summed E-state index contributed by atoms with van der Waals surface area (Å²) in [6, 6.07) is 52.5. The Morgan fingerprint density at radius 2 is 0.497 bits per heavy atom. The fraction of sp³-hybridized carbons (Fsp3) is 0.603. The number of aryl methyl sites for hydroxylation is 6. The monoisotopic (exact) mass is 2110 g/mol. The molecule has 0 saturated carbocycles. The van der Waals surface area contributed by atoms with Crippen LogP contribution in [0.4, 0.5) is 0 Å². The molecule has 0 fully saturated rings. The molecule has 3 aliphatic rings. The Morgan fingerprint density at radius 1 is 0.235 bits per heavy atom. The van der Waals surface area contributed by atoms with Gasteiger partial charge in [-0.2, -0.15) is 13.8 Å². The molecule has 828 valence electrons. The van der Waals surface area contributed by atoms with Crippen LogP contribution in [0.25, 0.3) is 50.8 Å². The third kappa shape index (κ3) is 58.0. The van der Waals surface area contributed by atoms with Crippen molar-refractivity contribution in [1.29, 1.82) is 0 Å². The summed E-state index contributed by atoms with van der Waals surface area (Å²) in [5.41, 5.74) is 58.5. The summed E-state index contributed by atoms with van der Waals surface area (Å²) >= 11 is 0. The number of rotatable bonds is 79. The molecule has 8 heteroatoms. The first-order chi connectivity index (χ1) is 72.6. The molecule has 3 aliphatic heterocycles. The van der Waals surface area contributed by atoms with Crippen LogP contribution in [0.1, 0.15) is 580 Å². The van der Waals surface area contributed by atoms with Gasteiger partial charge in [0.05, 0.1) is 5.57 Å². The molecule has 0 radical (unpaired) electrons. The van der Waals surface area contributed by atoms with Gasteiger partial charge in [-0.05, 0) is 210 Å². The molecule has 3 heterocycles.